The Balaban J connectivity index is 2.28. The molecule has 1 aliphatic carbocycles. The van der Waals surface area contributed by atoms with E-state index in [1.165, 1.54) is 24.0 Å². The van der Waals surface area contributed by atoms with Crippen molar-refractivity contribution in [2.45, 2.75) is 12.8 Å². The summed E-state index contributed by atoms with van der Waals surface area (Å²) in [5.41, 5.74) is 2.96. The third-order valence-electron chi connectivity index (χ3n) is 1.92. The van der Waals surface area contributed by atoms with Gasteiger partial charge in [0.15, 0.2) is 0 Å². The molecule has 1 heterocycles. The molecule has 0 aromatic carbocycles. The highest BCUT2D eigenvalue weighted by Gasteiger charge is 2.13. The molecule has 1 heteroatoms. The maximum absolute atomic E-state index is 5.27. The van der Waals surface area contributed by atoms with E-state index in [1.807, 2.05) is 0 Å². The van der Waals surface area contributed by atoms with E-state index in [1.54, 1.807) is 0 Å². The van der Waals surface area contributed by atoms with Gasteiger partial charge in [0, 0.05) is 0 Å². The van der Waals surface area contributed by atoms with Crippen molar-refractivity contribution in [3.05, 3.63) is 23.3 Å². The molecule has 9 heavy (non-hydrogen) atoms. The number of hydrogen-bond acceptors (Lipinski definition) is 1. The Morgan fingerprint density at radius 1 is 1.33 bits per heavy atom. The van der Waals surface area contributed by atoms with Crippen molar-refractivity contribution in [1.82, 2.24) is 0 Å². The zero-order valence-electron chi connectivity index (χ0n) is 5.39. The minimum atomic E-state index is 0.853. The molecule has 2 rings (SSSR count). The lowest BCUT2D eigenvalue weighted by Gasteiger charge is -2.03. The van der Waals surface area contributed by atoms with E-state index in [9.17, 15) is 0 Å². The molecule has 1 nitrogen and oxygen atoms in total. The van der Waals surface area contributed by atoms with Gasteiger partial charge in [0.1, 0.15) is 0 Å². The van der Waals surface area contributed by atoms with Gasteiger partial charge in [-0.1, -0.05) is 12.2 Å². The predicted molar refractivity (Wildman–Crippen MR) is 36.2 cm³/mol. The van der Waals surface area contributed by atoms with Crippen LogP contribution in [-0.2, 0) is 4.74 Å². The third kappa shape index (κ3) is 0.815. The van der Waals surface area contributed by atoms with Gasteiger partial charge in [0.25, 0.3) is 0 Å². The van der Waals surface area contributed by atoms with Crippen LogP contribution < -0.4 is 0 Å². The highest BCUT2D eigenvalue weighted by molar-refractivity contribution is 5.32. The fourth-order valence-electron chi connectivity index (χ4n) is 1.36. The van der Waals surface area contributed by atoms with Crippen LogP contribution >= 0.6 is 0 Å². The van der Waals surface area contributed by atoms with E-state index in [-0.39, 0.29) is 0 Å². The van der Waals surface area contributed by atoms with Crippen molar-refractivity contribution < 1.29 is 4.74 Å². The Kier molecular flexibility index (Phi) is 1.16. The Bertz CT molecular complexity index is 177. The molecule has 0 saturated heterocycles. The zero-order valence-corrected chi connectivity index (χ0v) is 5.39. The van der Waals surface area contributed by atoms with Crippen molar-refractivity contribution in [3.8, 4) is 0 Å². The van der Waals surface area contributed by atoms with Crippen LogP contribution in [0.2, 0.25) is 0 Å². The van der Waals surface area contributed by atoms with Gasteiger partial charge >= 0.3 is 0 Å². The quantitative estimate of drug-likeness (QED) is 0.475. The van der Waals surface area contributed by atoms with Gasteiger partial charge in [0.05, 0.1) is 13.2 Å². The molecule has 1 aliphatic heterocycles. The van der Waals surface area contributed by atoms with Crippen molar-refractivity contribution in [3.63, 3.8) is 0 Å². The molecule has 2 aliphatic rings. The average molecular weight is 122 g/mol. The molecule has 0 aromatic rings. The number of allylic oxidation sites excluding steroid dienone is 1. The summed E-state index contributed by atoms with van der Waals surface area (Å²) in [7, 11) is 0. The number of ether oxygens (including phenoxy) is 1. The lowest BCUT2D eigenvalue weighted by Crippen LogP contribution is -1.90. The molecular formula is C8H10O. The van der Waals surface area contributed by atoms with Gasteiger partial charge in [0.2, 0.25) is 0 Å². The van der Waals surface area contributed by atoms with Gasteiger partial charge in [-0.15, -0.1) is 0 Å². The van der Waals surface area contributed by atoms with Crippen LogP contribution in [0.1, 0.15) is 12.8 Å². The van der Waals surface area contributed by atoms with Crippen LogP contribution in [0.4, 0.5) is 0 Å². The second kappa shape index (κ2) is 1.99. The fourth-order valence-corrected chi connectivity index (χ4v) is 1.36. The molecule has 0 bridgehead atoms. The monoisotopic (exact) mass is 122 g/mol. The SMILES string of the molecule is C1=CC2=C(CC1)COC2. The van der Waals surface area contributed by atoms with E-state index in [2.05, 4.69) is 12.2 Å². The van der Waals surface area contributed by atoms with Crippen molar-refractivity contribution in [2.75, 3.05) is 13.2 Å². The summed E-state index contributed by atoms with van der Waals surface area (Å²) in [5.74, 6) is 0. The first-order valence-corrected chi connectivity index (χ1v) is 3.42. The molecule has 0 amide bonds. The number of rotatable bonds is 0. The molecule has 0 aromatic heterocycles. The highest BCUT2D eigenvalue weighted by atomic mass is 16.5. The van der Waals surface area contributed by atoms with Crippen molar-refractivity contribution in [2.24, 2.45) is 0 Å². The summed E-state index contributed by atoms with van der Waals surface area (Å²) in [6.07, 6.45) is 6.87. The molecule has 0 fully saturated rings. The predicted octanol–water partition coefficient (Wildman–Crippen LogP) is 1.66. The standard InChI is InChI=1S/C8H10O/c1-2-4-8-6-9-5-7(8)3-1/h1,3H,2,4-6H2. The van der Waals surface area contributed by atoms with E-state index in [4.69, 9.17) is 4.74 Å². The van der Waals surface area contributed by atoms with Gasteiger partial charge in [-0.3, -0.25) is 0 Å². The highest BCUT2D eigenvalue weighted by Crippen LogP contribution is 2.23. The molecule has 0 saturated carbocycles. The smallest absolute Gasteiger partial charge is 0.0721 e. The van der Waals surface area contributed by atoms with Crippen LogP contribution in [0.5, 0.6) is 0 Å². The Morgan fingerprint density at radius 3 is 3.22 bits per heavy atom. The lowest BCUT2D eigenvalue weighted by molar-refractivity contribution is 0.204. The van der Waals surface area contributed by atoms with Gasteiger partial charge in [-0.2, -0.15) is 0 Å². The second-order valence-electron chi connectivity index (χ2n) is 2.56. The molecule has 0 radical (unpaired) electrons. The van der Waals surface area contributed by atoms with Crippen LogP contribution in [0.3, 0.4) is 0 Å². The maximum Gasteiger partial charge on any atom is 0.0721 e. The van der Waals surface area contributed by atoms with Crippen LogP contribution in [-0.4, -0.2) is 13.2 Å². The first kappa shape index (κ1) is 5.24. The Labute approximate surface area is 55.0 Å². The minimum absolute atomic E-state index is 0.853. The summed E-state index contributed by atoms with van der Waals surface area (Å²) in [6, 6.07) is 0. The van der Waals surface area contributed by atoms with Gasteiger partial charge in [-0.25, -0.2) is 0 Å². The topological polar surface area (TPSA) is 9.23 Å². The fraction of sp³-hybridized carbons (Fsp3) is 0.500. The first-order chi connectivity index (χ1) is 4.47. The summed E-state index contributed by atoms with van der Waals surface area (Å²) in [6.45, 7) is 1.74. The second-order valence-corrected chi connectivity index (χ2v) is 2.56. The minimum Gasteiger partial charge on any atom is -0.372 e. The molecule has 0 N–H and O–H groups in total. The lowest BCUT2D eigenvalue weighted by atomic mass is 10.0. The summed E-state index contributed by atoms with van der Waals surface area (Å²) in [5, 5.41) is 0. The number of hydrogen-bond donors (Lipinski definition) is 0. The van der Waals surface area contributed by atoms with Crippen LogP contribution in [0.15, 0.2) is 23.3 Å². The Morgan fingerprint density at radius 2 is 2.33 bits per heavy atom. The zero-order chi connectivity index (χ0) is 6.10. The van der Waals surface area contributed by atoms with Crippen LogP contribution in [0.25, 0.3) is 0 Å². The third-order valence-corrected chi connectivity index (χ3v) is 1.92. The van der Waals surface area contributed by atoms with Crippen molar-refractivity contribution >= 4 is 0 Å². The van der Waals surface area contributed by atoms with E-state index >= 15 is 0 Å². The van der Waals surface area contributed by atoms with Gasteiger partial charge in [-0.05, 0) is 24.0 Å². The van der Waals surface area contributed by atoms with E-state index in [0.717, 1.165) is 13.2 Å². The summed E-state index contributed by atoms with van der Waals surface area (Å²) in [4.78, 5) is 0. The van der Waals surface area contributed by atoms with Gasteiger partial charge < -0.3 is 4.74 Å². The van der Waals surface area contributed by atoms with E-state index < -0.39 is 0 Å². The molecule has 0 spiro atoms. The first-order valence-electron chi connectivity index (χ1n) is 3.42. The molecule has 0 atom stereocenters. The molecule has 0 unspecified atom stereocenters. The largest absolute Gasteiger partial charge is 0.372 e. The molecule has 48 valence electrons. The molecular weight excluding hydrogens is 112 g/mol. The van der Waals surface area contributed by atoms with Crippen molar-refractivity contribution in [1.29, 1.82) is 0 Å². The van der Waals surface area contributed by atoms with Crippen LogP contribution in [0, 0.1) is 0 Å². The van der Waals surface area contributed by atoms with E-state index in [0.29, 0.717) is 0 Å². The Hall–Kier alpha value is -0.560. The summed E-state index contributed by atoms with van der Waals surface area (Å²) >= 11 is 0. The normalized spacial score (nSPS) is 24.9. The summed E-state index contributed by atoms with van der Waals surface area (Å²) < 4.78 is 5.27. The maximum atomic E-state index is 5.27. The average Bonchev–Trinajstić information content (AvgIpc) is 2.33.